The highest BCUT2D eigenvalue weighted by Crippen LogP contribution is 2.40. The minimum absolute atomic E-state index is 0.173. The maximum absolute atomic E-state index is 13.8. The van der Waals surface area contributed by atoms with Crippen LogP contribution in [-0.4, -0.2) is 64.7 Å². The first-order chi connectivity index (χ1) is 16.6. The summed E-state index contributed by atoms with van der Waals surface area (Å²) >= 11 is 0. The van der Waals surface area contributed by atoms with E-state index in [4.69, 9.17) is 5.11 Å². The predicted molar refractivity (Wildman–Crippen MR) is 136 cm³/mol. The maximum Gasteiger partial charge on any atom is 0.303 e. The average molecular weight is 470 g/mol. The van der Waals surface area contributed by atoms with Gasteiger partial charge in [0.1, 0.15) is 5.54 Å². The van der Waals surface area contributed by atoms with Crippen LogP contribution in [0.25, 0.3) is 0 Å². The lowest BCUT2D eigenvalue weighted by molar-refractivity contribution is -0.137. The van der Waals surface area contributed by atoms with Gasteiger partial charge in [-0.25, -0.2) is 0 Å². The van der Waals surface area contributed by atoms with E-state index in [-0.39, 0.29) is 12.3 Å². The molecule has 3 aliphatic rings. The van der Waals surface area contributed by atoms with E-state index in [9.17, 15) is 9.59 Å². The van der Waals surface area contributed by atoms with Gasteiger partial charge in [0.25, 0.3) is 0 Å². The van der Waals surface area contributed by atoms with Gasteiger partial charge in [-0.05, 0) is 50.7 Å². The van der Waals surface area contributed by atoms with Crippen LogP contribution in [0.1, 0.15) is 89.9 Å². The zero-order valence-corrected chi connectivity index (χ0v) is 20.8. The van der Waals surface area contributed by atoms with Crippen molar-refractivity contribution in [2.24, 2.45) is 0 Å². The molecule has 1 aromatic rings. The Balaban J connectivity index is 1.44. The number of nitrogens with zero attached hydrogens (tertiary/aromatic N) is 3. The second-order valence-corrected chi connectivity index (χ2v) is 10.6. The molecule has 188 valence electrons. The Bertz CT molecular complexity index is 781. The fourth-order valence-electron chi connectivity index (χ4n) is 6.36. The standard InChI is InChI=1S/C28H43N3O3/c32-26(33)17-11-12-20-30-23-31(25-15-9-6-10-16-25)28(27(30)34)18-21-29(22-19-28)24-13-7-4-2-1-3-5-8-14-24/h6,9-10,15-16,24H,1-5,7-8,11-14,17-23H2,(H,32,33). The fourth-order valence-corrected chi connectivity index (χ4v) is 6.36. The zero-order chi connectivity index (χ0) is 23.8. The number of anilines is 1. The Labute approximate surface area is 205 Å². The molecule has 1 spiro atoms. The molecule has 1 saturated carbocycles. The Morgan fingerprint density at radius 1 is 0.912 bits per heavy atom. The first-order valence-corrected chi connectivity index (χ1v) is 13.7. The van der Waals surface area contributed by atoms with Crippen LogP contribution in [0.2, 0.25) is 0 Å². The topological polar surface area (TPSA) is 64.1 Å². The Morgan fingerprint density at radius 2 is 1.53 bits per heavy atom. The third kappa shape index (κ3) is 5.94. The number of para-hydroxylation sites is 1. The number of carbonyl (C=O) groups excluding carboxylic acids is 1. The number of aliphatic carboxylic acids is 1. The SMILES string of the molecule is O=C(O)CCCCN1CN(c2ccccc2)C2(CCN(C3CCCCCCCCC3)CC2)C1=O. The van der Waals surface area contributed by atoms with E-state index in [0.717, 1.165) is 38.0 Å². The molecule has 34 heavy (non-hydrogen) atoms. The molecule has 3 fully saturated rings. The Morgan fingerprint density at radius 3 is 2.15 bits per heavy atom. The molecule has 0 aromatic heterocycles. The molecule has 1 N–H and O–H groups in total. The van der Waals surface area contributed by atoms with Crippen molar-refractivity contribution in [3.05, 3.63) is 30.3 Å². The van der Waals surface area contributed by atoms with Crippen molar-refractivity contribution in [2.75, 3.05) is 31.2 Å². The van der Waals surface area contributed by atoms with Crippen LogP contribution in [0.3, 0.4) is 0 Å². The largest absolute Gasteiger partial charge is 0.481 e. The van der Waals surface area contributed by atoms with Gasteiger partial charge in [-0.2, -0.15) is 0 Å². The second-order valence-electron chi connectivity index (χ2n) is 10.6. The Kier molecular flexibility index (Phi) is 8.87. The molecule has 0 atom stereocenters. The number of hydrogen-bond acceptors (Lipinski definition) is 4. The normalized spacial score (nSPS) is 22.9. The minimum atomic E-state index is -0.761. The fraction of sp³-hybridized carbons (Fsp3) is 0.714. The van der Waals surface area contributed by atoms with Crippen LogP contribution >= 0.6 is 0 Å². The molecule has 0 unspecified atom stereocenters. The molecular weight excluding hydrogens is 426 g/mol. The minimum Gasteiger partial charge on any atom is -0.481 e. The average Bonchev–Trinajstić information content (AvgIpc) is 3.12. The van der Waals surface area contributed by atoms with Gasteiger partial charge in [0.15, 0.2) is 0 Å². The first kappa shape index (κ1) is 25.0. The van der Waals surface area contributed by atoms with E-state index >= 15 is 0 Å². The highest BCUT2D eigenvalue weighted by molar-refractivity contribution is 5.93. The summed E-state index contributed by atoms with van der Waals surface area (Å²) < 4.78 is 0. The molecule has 2 saturated heterocycles. The van der Waals surface area contributed by atoms with E-state index in [0.29, 0.717) is 25.7 Å². The number of carboxylic acid groups (broad SMARTS) is 1. The van der Waals surface area contributed by atoms with Gasteiger partial charge in [0, 0.05) is 37.8 Å². The molecule has 2 aliphatic heterocycles. The summed E-state index contributed by atoms with van der Waals surface area (Å²) in [4.78, 5) is 31.7. The molecule has 0 radical (unpaired) electrons. The summed E-state index contributed by atoms with van der Waals surface area (Å²) in [7, 11) is 0. The molecule has 2 heterocycles. The third-order valence-corrected chi connectivity index (χ3v) is 8.37. The van der Waals surface area contributed by atoms with E-state index in [1.165, 1.54) is 57.8 Å². The number of likely N-dealkylation sites (tertiary alicyclic amines) is 1. The van der Waals surface area contributed by atoms with Crippen molar-refractivity contribution in [1.29, 1.82) is 0 Å². The van der Waals surface area contributed by atoms with E-state index in [2.05, 4.69) is 34.1 Å². The highest BCUT2D eigenvalue weighted by Gasteiger charge is 2.53. The predicted octanol–water partition coefficient (Wildman–Crippen LogP) is 5.28. The summed E-state index contributed by atoms with van der Waals surface area (Å²) in [6.07, 6.45) is 15.5. The molecule has 1 aromatic carbocycles. The van der Waals surface area contributed by atoms with E-state index in [1.807, 2.05) is 11.0 Å². The van der Waals surface area contributed by atoms with Gasteiger partial charge in [-0.3, -0.25) is 9.59 Å². The monoisotopic (exact) mass is 469 g/mol. The van der Waals surface area contributed by atoms with Crippen LogP contribution in [0, 0.1) is 0 Å². The summed E-state index contributed by atoms with van der Waals surface area (Å²) in [5, 5.41) is 8.95. The van der Waals surface area contributed by atoms with Gasteiger partial charge in [-0.15, -0.1) is 0 Å². The number of carboxylic acids is 1. The lowest BCUT2D eigenvalue weighted by Crippen LogP contribution is -2.58. The second kappa shape index (κ2) is 12.1. The van der Waals surface area contributed by atoms with Crippen LogP contribution in [-0.2, 0) is 9.59 Å². The number of piperidine rings is 1. The quantitative estimate of drug-likeness (QED) is 0.551. The number of hydrogen-bond donors (Lipinski definition) is 1. The molecule has 1 aliphatic carbocycles. The van der Waals surface area contributed by atoms with Gasteiger partial charge in [0.2, 0.25) is 5.91 Å². The summed E-state index contributed by atoms with van der Waals surface area (Å²) in [6, 6.07) is 11.0. The number of benzene rings is 1. The third-order valence-electron chi connectivity index (χ3n) is 8.37. The molecule has 6 nitrogen and oxygen atoms in total. The summed E-state index contributed by atoms with van der Waals surface area (Å²) in [5.74, 6) is -0.514. The Hall–Kier alpha value is -2.08. The maximum atomic E-state index is 13.8. The molecule has 1 amide bonds. The first-order valence-electron chi connectivity index (χ1n) is 13.7. The lowest BCUT2D eigenvalue weighted by atomic mass is 9.84. The van der Waals surface area contributed by atoms with Gasteiger partial charge in [0.05, 0.1) is 6.67 Å². The van der Waals surface area contributed by atoms with Crippen molar-refractivity contribution in [1.82, 2.24) is 9.80 Å². The number of rotatable bonds is 7. The summed E-state index contributed by atoms with van der Waals surface area (Å²) in [6.45, 7) is 3.24. The van der Waals surface area contributed by atoms with Crippen LogP contribution in [0.5, 0.6) is 0 Å². The molecular formula is C28H43N3O3. The van der Waals surface area contributed by atoms with Crippen LogP contribution in [0.15, 0.2) is 30.3 Å². The van der Waals surface area contributed by atoms with Crippen LogP contribution in [0.4, 0.5) is 5.69 Å². The van der Waals surface area contributed by atoms with Crippen molar-refractivity contribution >= 4 is 17.6 Å². The van der Waals surface area contributed by atoms with Crippen LogP contribution < -0.4 is 4.90 Å². The van der Waals surface area contributed by atoms with Gasteiger partial charge < -0.3 is 19.8 Å². The van der Waals surface area contributed by atoms with Crippen molar-refractivity contribution in [3.63, 3.8) is 0 Å². The zero-order valence-electron chi connectivity index (χ0n) is 20.8. The molecule has 0 bridgehead atoms. The van der Waals surface area contributed by atoms with Crippen molar-refractivity contribution in [3.8, 4) is 0 Å². The van der Waals surface area contributed by atoms with Crippen molar-refractivity contribution in [2.45, 2.75) is 101 Å². The number of carbonyl (C=O) groups is 2. The van der Waals surface area contributed by atoms with Gasteiger partial charge >= 0.3 is 5.97 Å². The molecule has 6 heteroatoms. The smallest absolute Gasteiger partial charge is 0.303 e. The number of unbranched alkanes of at least 4 members (excludes halogenated alkanes) is 1. The lowest BCUT2D eigenvalue weighted by Gasteiger charge is -2.45. The molecule has 4 rings (SSSR count). The summed E-state index contributed by atoms with van der Waals surface area (Å²) in [5.41, 5.74) is 0.664. The van der Waals surface area contributed by atoms with Gasteiger partial charge in [-0.1, -0.05) is 63.1 Å². The van der Waals surface area contributed by atoms with E-state index in [1.54, 1.807) is 0 Å². The highest BCUT2D eigenvalue weighted by atomic mass is 16.4. The van der Waals surface area contributed by atoms with E-state index < -0.39 is 11.5 Å². The van der Waals surface area contributed by atoms with Crippen molar-refractivity contribution < 1.29 is 14.7 Å². The number of amides is 1.